The van der Waals surface area contributed by atoms with Gasteiger partial charge < -0.3 is 14.2 Å². The highest BCUT2D eigenvalue weighted by atomic mass is 32.1. The van der Waals surface area contributed by atoms with Gasteiger partial charge >= 0.3 is 0 Å². The van der Waals surface area contributed by atoms with Crippen molar-refractivity contribution in [3.05, 3.63) is 71.7 Å². The summed E-state index contributed by atoms with van der Waals surface area (Å²) in [6.07, 6.45) is 3.32. The SMILES string of the molecule is CC(C)(C)C1CN(c2nc(C(=O)N3CCCCC3)cs2)C1O[SiH](c1ccccc1)c1ccccc1. The summed E-state index contributed by atoms with van der Waals surface area (Å²) in [4.78, 5) is 22.1. The fraction of sp³-hybridized carbons (Fsp3) is 0.429. The van der Waals surface area contributed by atoms with Crippen molar-refractivity contribution in [1.82, 2.24) is 9.88 Å². The van der Waals surface area contributed by atoms with E-state index < -0.39 is 9.04 Å². The lowest BCUT2D eigenvalue weighted by Crippen LogP contribution is -2.65. The highest BCUT2D eigenvalue weighted by molar-refractivity contribution is 7.14. The maximum Gasteiger partial charge on any atom is 0.273 e. The molecular weight excluding hydrogens is 470 g/mol. The van der Waals surface area contributed by atoms with E-state index in [1.807, 2.05) is 10.3 Å². The number of likely N-dealkylation sites (tertiary alicyclic amines) is 1. The largest absolute Gasteiger partial charge is 0.391 e. The van der Waals surface area contributed by atoms with Crippen LogP contribution < -0.4 is 15.3 Å². The number of thiazole rings is 1. The molecule has 5 nitrogen and oxygen atoms in total. The average molecular weight is 506 g/mol. The number of aromatic nitrogens is 1. The molecule has 184 valence electrons. The van der Waals surface area contributed by atoms with Crippen LogP contribution in [0.4, 0.5) is 5.13 Å². The summed E-state index contributed by atoms with van der Waals surface area (Å²) in [5.41, 5.74) is 0.682. The van der Waals surface area contributed by atoms with Crippen molar-refractivity contribution in [3.63, 3.8) is 0 Å². The van der Waals surface area contributed by atoms with Crippen LogP contribution in [0.15, 0.2) is 66.0 Å². The minimum absolute atomic E-state index is 0.0591. The van der Waals surface area contributed by atoms with Crippen LogP contribution in [-0.4, -0.2) is 50.7 Å². The molecule has 3 aromatic rings. The fourth-order valence-electron chi connectivity index (χ4n) is 5.04. The number of piperidine rings is 1. The standard InChI is InChI=1S/C28H35N3O2SSi/c1-28(2,3)23-19-31(27-29-24(20-34-27)25(32)30-17-11-6-12-18-30)26(23)33-35(21-13-7-4-8-14-21)22-15-9-5-10-16-22/h4-5,7-10,13-16,20,23,26,35H,6,11-12,17-19H2,1-3H3. The van der Waals surface area contributed by atoms with E-state index in [4.69, 9.17) is 9.41 Å². The van der Waals surface area contributed by atoms with Gasteiger partial charge in [-0.15, -0.1) is 11.3 Å². The third-order valence-corrected chi connectivity index (χ3v) is 10.6. The molecule has 2 fully saturated rings. The van der Waals surface area contributed by atoms with Crippen LogP contribution in [0.2, 0.25) is 0 Å². The topological polar surface area (TPSA) is 45.7 Å². The minimum Gasteiger partial charge on any atom is -0.391 e. The maximum atomic E-state index is 13.0. The Kier molecular flexibility index (Phi) is 7.09. The van der Waals surface area contributed by atoms with Gasteiger partial charge in [-0.25, -0.2) is 4.98 Å². The molecule has 0 saturated carbocycles. The second-order valence-electron chi connectivity index (χ2n) is 10.7. The summed E-state index contributed by atoms with van der Waals surface area (Å²) >= 11 is 1.56. The summed E-state index contributed by atoms with van der Waals surface area (Å²) in [5, 5.41) is 5.37. The van der Waals surface area contributed by atoms with Crippen LogP contribution in [0.25, 0.3) is 0 Å². The molecule has 0 bridgehead atoms. The maximum absolute atomic E-state index is 13.0. The van der Waals surface area contributed by atoms with Crippen molar-refractivity contribution in [1.29, 1.82) is 0 Å². The Hall–Kier alpha value is -2.48. The zero-order valence-electron chi connectivity index (χ0n) is 20.9. The van der Waals surface area contributed by atoms with Gasteiger partial charge in [-0.2, -0.15) is 0 Å². The number of benzene rings is 2. The third-order valence-electron chi connectivity index (χ3n) is 7.24. The molecule has 2 aliphatic heterocycles. The van der Waals surface area contributed by atoms with Crippen molar-refractivity contribution in [2.75, 3.05) is 24.5 Å². The van der Waals surface area contributed by atoms with E-state index in [0.29, 0.717) is 11.6 Å². The van der Waals surface area contributed by atoms with Gasteiger partial charge in [0, 0.05) is 30.9 Å². The molecule has 0 radical (unpaired) electrons. The Morgan fingerprint density at radius 1 is 0.971 bits per heavy atom. The molecule has 1 amide bonds. The molecule has 3 heterocycles. The number of hydrogen-bond donors (Lipinski definition) is 0. The molecule has 0 spiro atoms. The first-order chi connectivity index (χ1) is 16.9. The van der Waals surface area contributed by atoms with E-state index in [1.165, 1.54) is 16.8 Å². The molecule has 0 aliphatic carbocycles. The Morgan fingerprint density at radius 3 is 2.14 bits per heavy atom. The highest BCUT2D eigenvalue weighted by Gasteiger charge is 2.48. The highest BCUT2D eigenvalue weighted by Crippen LogP contribution is 2.43. The van der Waals surface area contributed by atoms with Crippen molar-refractivity contribution in [2.24, 2.45) is 11.3 Å². The number of anilines is 1. The molecule has 7 heteroatoms. The monoisotopic (exact) mass is 505 g/mol. The van der Waals surface area contributed by atoms with Gasteiger partial charge in [0.25, 0.3) is 5.91 Å². The quantitative estimate of drug-likeness (QED) is 0.473. The van der Waals surface area contributed by atoms with Gasteiger partial charge in [-0.3, -0.25) is 4.79 Å². The first-order valence-corrected chi connectivity index (χ1v) is 15.2. The van der Waals surface area contributed by atoms with Crippen LogP contribution in [0, 0.1) is 11.3 Å². The zero-order chi connectivity index (χ0) is 24.4. The Morgan fingerprint density at radius 2 is 1.57 bits per heavy atom. The minimum atomic E-state index is -1.92. The van der Waals surface area contributed by atoms with Crippen molar-refractivity contribution < 1.29 is 9.22 Å². The smallest absolute Gasteiger partial charge is 0.273 e. The predicted molar refractivity (Wildman–Crippen MR) is 146 cm³/mol. The van der Waals surface area contributed by atoms with Gasteiger partial charge in [-0.05, 0) is 35.1 Å². The van der Waals surface area contributed by atoms with Crippen molar-refractivity contribution in [2.45, 2.75) is 46.3 Å². The Labute approximate surface area is 214 Å². The molecule has 2 atom stereocenters. The number of carbonyl (C=O) groups is 1. The van der Waals surface area contributed by atoms with E-state index in [2.05, 4.69) is 86.3 Å². The van der Waals surface area contributed by atoms with E-state index in [1.54, 1.807) is 11.3 Å². The molecule has 2 aromatic carbocycles. The van der Waals surface area contributed by atoms with Gasteiger partial charge in [0.2, 0.25) is 9.04 Å². The van der Waals surface area contributed by atoms with Crippen LogP contribution in [0.1, 0.15) is 50.5 Å². The van der Waals surface area contributed by atoms with E-state index in [9.17, 15) is 4.79 Å². The average Bonchev–Trinajstić information content (AvgIpc) is 3.33. The summed E-state index contributed by atoms with van der Waals surface area (Å²) < 4.78 is 7.09. The first-order valence-electron chi connectivity index (χ1n) is 12.7. The lowest BCUT2D eigenvalue weighted by atomic mass is 9.74. The van der Waals surface area contributed by atoms with Crippen LogP contribution in [0.3, 0.4) is 0 Å². The summed E-state index contributed by atoms with van der Waals surface area (Å²) in [6.45, 7) is 9.45. The fourth-order valence-corrected chi connectivity index (χ4v) is 8.33. The van der Waals surface area contributed by atoms with Crippen LogP contribution in [0.5, 0.6) is 0 Å². The van der Waals surface area contributed by atoms with Gasteiger partial charge in [0.15, 0.2) is 5.13 Å². The first kappa shape index (κ1) is 24.2. The van der Waals surface area contributed by atoms with E-state index in [-0.39, 0.29) is 17.6 Å². The van der Waals surface area contributed by atoms with Gasteiger partial charge in [0.1, 0.15) is 11.9 Å². The molecule has 2 saturated heterocycles. The molecule has 2 unspecified atom stereocenters. The second-order valence-corrected chi connectivity index (χ2v) is 13.9. The van der Waals surface area contributed by atoms with Crippen LogP contribution in [-0.2, 0) is 4.43 Å². The normalized spacial score (nSPS) is 20.7. The molecular formula is C28H35N3O2SSi. The Balaban J connectivity index is 1.41. The molecule has 0 N–H and O–H groups in total. The Bertz CT molecular complexity index is 1090. The van der Waals surface area contributed by atoms with Crippen molar-refractivity contribution in [3.8, 4) is 0 Å². The summed E-state index contributed by atoms with van der Waals surface area (Å²) in [7, 11) is -1.92. The zero-order valence-corrected chi connectivity index (χ0v) is 22.9. The number of nitrogens with zero attached hydrogens (tertiary/aromatic N) is 3. The molecule has 1 aromatic heterocycles. The van der Waals surface area contributed by atoms with Gasteiger partial charge in [-0.1, -0.05) is 81.4 Å². The number of amides is 1. The predicted octanol–water partition coefficient (Wildman–Crippen LogP) is 4.13. The number of carbonyl (C=O) groups excluding carboxylic acids is 1. The van der Waals surface area contributed by atoms with E-state index in [0.717, 1.165) is 37.6 Å². The number of hydrogen-bond acceptors (Lipinski definition) is 5. The lowest BCUT2D eigenvalue weighted by molar-refractivity contribution is 0.00493. The number of rotatable bonds is 6. The molecule has 2 aliphatic rings. The summed E-state index contributed by atoms with van der Waals surface area (Å²) in [5.74, 6) is 0.452. The lowest BCUT2D eigenvalue weighted by Gasteiger charge is -2.54. The van der Waals surface area contributed by atoms with Gasteiger partial charge in [0.05, 0.1) is 0 Å². The van der Waals surface area contributed by atoms with E-state index >= 15 is 0 Å². The van der Waals surface area contributed by atoms with Crippen LogP contribution >= 0.6 is 11.3 Å². The third kappa shape index (κ3) is 5.22. The molecule has 5 rings (SSSR count). The second kappa shape index (κ2) is 10.2. The van der Waals surface area contributed by atoms with Crippen molar-refractivity contribution >= 4 is 41.8 Å². The molecule has 35 heavy (non-hydrogen) atoms. The summed E-state index contributed by atoms with van der Waals surface area (Å²) in [6, 6.07) is 21.3.